The van der Waals surface area contributed by atoms with Gasteiger partial charge in [-0.25, -0.2) is 16.8 Å². The van der Waals surface area contributed by atoms with E-state index in [2.05, 4.69) is 31.9 Å². The first-order valence-corrected chi connectivity index (χ1v) is 34.8. The van der Waals surface area contributed by atoms with E-state index in [4.69, 9.17) is 19.7 Å². The number of hydrogen-bond donors (Lipinski definition) is 10. The quantitative estimate of drug-likeness (QED) is 0.0226. The first kappa shape index (κ1) is 83.9. The van der Waals surface area contributed by atoms with Gasteiger partial charge in [-0.2, -0.15) is 23.5 Å². The molecular weight excluding hydrogens is 1320 g/mol. The van der Waals surface area contributed by atoms with Gasteiger partial charge >= 0.3 is 58.0 Å². The normalized spacial score (nSPS) is 16.5. The van der Waals surface area contributed by atoms with Gasteiger partial charge in [0.25, 0.3) is 0 Å². The molecule has 0 aromatic rings. The minimum Gasteiger partial charge on any atom is -0.480 e. The van der Waals surface area contributed by atoms with Crippen LogP contribution >= 0.6 is 45.1 Å². The molecule has 4 aliphatic carbocycles. The van der Waals surface area contributed by atoms with Crippen LogP contribution in [0.3, 0.4) is 0 Å². The van der Waals surface area contributed by atoms with Crippen LogP contribution in [0.2, 0.25) is 0 Å². The van der Waals surface area contributed by atoms with Crippen LogP contribution in [0.1, 0.15) is 25.7 Å². The topological polar surface area (TPSA) is 376 Å². The minimum atomic E-state index is -3.55. The summed E-state index contributed by atoms with van der Waals surface area (Å²) in [5, 5.41) is 51.9. The Kier molecular flexibility index (Phi) is 50.3. The summed E-state index contributed by atoms with van der Waals surface area (Å²) in [6.07, 6.45) is 33.8. The second-order valence-electron chi connectivity index (χ2n) is 17.9. The van der Waals surface area contributed by atoms with Crippen molar-refractivity contribution >= 4 is 112 Å². The zero-order chi connectivity index (χ0) is 61.9. The van der Waals surface area contributed by atoms with Crippen molar-refractivity contribution in [1.29, 1.82) is 0 Å². The Morgan fingerprint density at radius 3 is 1.08 bits per heavy atom. The van der Waals surface area contributed by atoms with Crippen LogP contribution in [0.4, 0.5) is 0 Å². The maximum atomic E-state index is 13.0. The largest absolute Gasteiger partial charge is 2.00 e. The van der Waals surface area contributed by atoms with Gasteiger partial charge in [0.15, 0.2) is 19.7 Å². The van der Waals surface area contributed by atoms with Gasteiger partial charge in [-0.05, 0) is 128 Å². The SMILES string of the molecule is O=C(O)CNC(=O)[C@H](CSSC[C@H](NC(=O)CC[C@H](NCCS(=O)(=O)CCSCCOC[C]1[CH][CH][CH][CH]1)C(=O)O)C(=O)NCC(=O)O)NC(=O)CC[C@H](NCCS(=O)(=O)CCSCCOC[C]1[CH][CH][CH][CH]1)C(=O)O.[CH]1[CH][CH][CH][CH]1.[CH]1[CH][CH][CH][CH]1.[Fe+2].[Fe+2]. The van der Waals surface area contributed by atoms with Crippen LogP contribution in [0.5, 0.6) is 0 Å². The maximum Gasteiger partial charge on any atom is 2.00 e. The Morgan fingerprint density at radius 2 is 0.779 bits per heavy atom. The van der Waals surface area contributed by atoms with E-state index in [9.17, 15) is 65.4 Å². The van der Waals surface area contributed by atoms with Crippen LogP contribution in [0.15, 0.2) is 0 Å². The van der Waals surface area contributed by atoms with E-state index in [0.717, 1.165) is 33.4 Å². The Labute approximate surface area is 546 Å². The van der Waals surface area contributed by atoms with E-state index >= 15 is 0 Å². The van der Waals surface area contributed by atoms with Gasteiger partial charge in [0.1, 0.15) is 37.3 Å². The predicted octanol–water partition coefficient (Wildman–Crippen LogP) is 0.563. The van der Waals surface area contributed by atoms with Crippen LogP contribution in [-0.4, -0.2) is 219 Å². The average molecular weight is 1400 g/mol. The summed E-state index contributed by atoms with van der Waals surface area (Å²) in [4.78, 5) is 98.1. The number of sulfone groups is 2. The number of thioether (sulfide) groups is 2. The fourth-order valence-corrected chi connectivity index (χ4v) is 14.2. The minimum absolute atomic E-state index is 0. The Bertz CT molecular complexity index is 2000. The zero-order valence-corrected chi connectivity index (χ0v) is 54.0. The predicted molar refractivity (Wildman–Crippen MR) is 325 cm³/mol. The van der Waals surface area contributed by atoms with E-state index in [-0.39, 0.29) is 94.6 Å². The summed E-state index contributed by atoms with van der Waals surface area (Å²) in [6.45, 7) is -0.289. The summed E-state index contributed by atoms with van der Waals surface area (Å²) in [5.41, 5.74) is 0. The summed E-state index contributed by atoms with van der Waals surface area (Å²) >= 11 is 2.80. The van der Waals surface area contributed by atoms with Gasteiger partial charge in [0.2, 0.25) is 23.6 Å². The molecule has 0 spiro atoms. The van der Waals surface area contributed by atoms with Crippen molar-refractivity contribution in [3.8, 4) is 0 Å². The second-order valence-corrected chi connectivity index (χ2v) is 27.6. The van der Waals surface area contributed by atoms with Crippen molar-refractivity contribution in [3.05, 3.63) is 127 Å². The molecule has 20 radical (unpaired) electrons. The molecule has 86 heavy (non-hydrogen) atoms. The fraction of sp³-hybridized carbons (Fsp3) is 0.481. The van der Waals surface area contributed by atoms with E-state index in [1.165, 1.54) is 23.5 Å². The third-order valence-corrected chi connectivity index (χ3v) is 19.3. The molecule has 4 atom stereocenters. The average Bonchev–Trinajstić information content (AvgIpc) is 4.45. The first-order valence-electron chi connectivity index (χ1n) is 26.4. The van der Waals surface area contributed by atoms with E-state index in [1.54, 1.807) is 0 Å². The number of ether oxygens (including phenoxy) is 2. The standard InChI is InChI=1S/C44H66N6O18S6.2C5H5.2Fe/c51-37(11-9-33(43(59)60)45-13-21-73(63,64)23-19-69-17-15-67-27-31-5-1-2-6-31)49-35(41(57)47-25-39(53)54)29-71-72-30-36(42(58)48-26-40(55)56)50-38(52)12-10-34(44(61)62)46-14-22-74(65,66)24-20-70-18-16-68-28-32-7-3-4-8-32;2*1-2-4-5-3-1;;/h1-8,33-36,45-46H,9-30H2,(H,47,57)(H,48,58)(H,49,51)(H,50,52)(H,53,54)(H,55,56)(H,59,60)(H,61,62);2*1-5H;;/q;;;2*+2/t33-,34-,35-,36-;;;;/m0..../s1. The zero-order valence-electron chi connectivity index (χ0n) is 46.9. The smallest absolute Gasteiger partial charge is 0.480 e. The molecule has 0 heterocycles. The van der Waals surface area contributed by atoms with Crippen LogP contribution in [0, 0.1) is 127 Å². The third kappa shape index (κ3) is 45.2. The summed E-state index contributed by atoms with van der Waals surface area (Å²) < 4.78 is 61.4. The van der Waals surface area contributed by atoms with E-state index in [1.807, 2.05) is 116 Å². The molecule has 10 N–H and O–H groups in total. The van der Waals surface area contributed by atoms with Gasteiger partial charge in [0.05, 0.1) is 49.4 Å². The molecule has 4 amide bonds. The fourth-order valence-electron chi connectivity index (χ4n) is 6.71. The number of nitrogens with one attached hydrogen (secondary N) is 6. The second kappa shape index (κ2) is 51.5. The van der Waals surface area contributed by atoms with Crippen molar-refractivity contribution in [2.45, 2.75) is 49.9 Å². The van der Waals surface area contributed by atoms with Crippen molar-refractivity contribution in [2.24, 2.45) is 0 Å². The monoisotopic (exact) mass is 1400 g/mol. The molecule has 0 bridgehead atoms. The van der Waals surface area contributed by atoms with Crippen molar-refractivity contribution < 1.29 is 119 Å². The van der Waals surface area contributed by atoms with E-state index < -0.39 is 117 Å². The Hall–Kier alpha value is -2.06. The van der Waals surface area contributed by atoms with Gasteiger partial charge < -0.3 is 61.8 Å². The van der Waals surface area contributed by atoms with Crippen LogP contribution in [0.25, 0.3) is 0 Å². The van der Waals surface area contributed by atoms with Crippen LogP contribution < -0.4 is 31.9 Å². The number of carbonyl (C=O) groups is 8. The van der Waals surface area contributed by atoms with Gasteiger partial charge in [-0.3, -0.25) is 38.4 Å². The summed E-state index contributed by atoms with van der Waals surface area (Å²) in [7, 11) is -5.32. The Morgan fingerprint density at radius 1 is 0.453 bits per heavy atom. The molecule has 4 aliphatic rings. The number of carbonyl (C=O) groups excluding carboxylic acids is 4. The summed E-state index contributed by atoms with van der Waals surface area (Å²) in [5.74, 6) is -6.68. The van der Waals surface area contributed by atoms with Crippen molar-refractivity contribution in [2.75, 3.05) is 110 Å². The number of carboxylic acids is 4. The number of hydrogen-bond acceptors (Lipinski definition) is 20. The molecule has 0 aromatic heterocycles. The molecule has 0 saturated heterocycles. The molecule has 32 heteroatoms. The number of amides is 4. The molecule has 0 unspecified atom stereocenters. The van der Waals surface area contributed by atoms with Crippen molar-refractivity contribution in [1.82, 2.24) is 31.9 Å². The molecule has 24 nitrogen and oxygen atoms in total. The molecule has 4 saturated carbocycles. The summed E-state index contributed by atoms with van der Waals surface area (Å²) in [6, 6.07) is -5.50. The number of carboxylic acid groups (broad SMARTS) is 4. The van der Waals surface area contributed by atoms with Gasteiger partial charge in [0, 0.05) is 72.3 Å². The number of rotatable bonds is 45. The molecule has 478 valence electrons. The third-order valence-electron chi connectivity index (χ3n) is 11.1. The molecule has 0 aromatic carbocycles. The maximum absolute atomic E-state index is 13.0. The van der Waals surface area contributed by atoms with Crippen LogP contribution in [-0.2, 0) is 102 Å². The Balaban J connectivity index is 0.00000542. The molecule has 4 rings (SSSR count). The first-order chi connectivity index (χ1) is 40.2. The van der Waals surface area contributed by atoms with Gasteiger partial charge in [-0.1, -0.05) is 21.6 Å². The molecular formula is C54H76Fe2N6O18S6+4. The van der Waals surface area contributed by atoms with Crippen molar-refractivity contribution in [3.63, 3.8) is 0 Å². The molecule has 0 aliphatic heterocycles. The van der Waals surface area contributed by atoms with Gasteiger partial charge in [-0.15, -0.1) is 0 Å². The molecule has 4 fully saturated rings. The number of aliphatic carboxylic acids is 4. The van der Waals surface area contributed by atoms with E-state index in [0.29, 0.717) is 49.4 Å².